The van der Waals surface area contributed by atoms with Crippen molar-refractivity contribution < 1.29 is 4.74 Å². The van der Waals surface area contributed by atoms with Gasteiger partial charge in [0.1, 0.15) is 0 Å². The summed E-state index contributed by atoms with van der Waals surface area (Å²) in [6, 6.07) is 8.37. The highest BCUT2D eigenvalue weighted by Gasteiger charge is 2.16. The predicted molar refractivity (Wildman–Crippen MR) is 70.0 cm³/mol. The second kappa shape index (κ2) is 5.68. The summed E-state index contributed by atoms with van der Waals surface area (Å²) in [5.74, 6) is 0.498. The maximum absolute atomic E-state index is 5.88. The van der Waals surface area contributed by atoms with Gasteiger partial charge < -0.3 is 15.8 Å². The van der Waals surface area contributed by atoms with Crippen LogP contribution in [0.4, 0.5) is 5.69 Å². The molecule has 2 rings (SSSR count). The third kappa shape index (κ3) is 3.20. The van der Waals surface area contributed by atoms with Gasteiger partial charge in [-0.2, -0.15) is 0 Å². The van der Waals surface area contributed by atoms with Gasteiger partial charge in [-0.1, -0.05) is 18.2 Å². The first-order chi connectivity index (χ1) is 8.29. The summed E-state index contributed by atoms with van der Waals surface area (Å²) >= 11 is 0. The summed E-state index contributed by atoms with van der Waals surface area (Å²) in [5.41, 5.74) is 7.93. The van der Waals surface area contributed by atoms with Crippen molar-refractivity contribution in [1.82, 2.24) is 0 Å². The van der Waals surface area contributed by atoms with E-state index in [1.54, 1.807) is 7.11 Å². The zero-order valence-corrected chi connectivity index (χ0v) is 10.1. The van der Waals surface area contributed by atoms with Crippen LogP contribution in [0.2, 0.25) is 0 Å². The summed E-state index contributed by atoms with van der Waals surface area (Å²) in [7, 11) is 1.68. The first-order valence-electron chi connectivity index (χ1n) is 5.96. The van der Waals surface area contributed by atoms with Crippen molar-refractivity contribution in [2.75, 3.05) is 12.4 Å². The van der Waals surface area contributed by atoms with E-state index < -0.39 is 0 Å². The van der Waals surface area contributed by atoms with E-state index in [-0.39, 0.29) is 0 Å². The maximum atomic E-state index is 5.88. The van der Waals surface area contributed by atoms with Crippen LogP contribution in [-0.4, -0.2) is 19.1 Å². The van der Waals surface area contributed by atoms with E-state index in [2.05, 4.69) is 10.3 Å². The standard InChI is InChI=1S/C13H19N3O/c1-17-9-10-5-2-3-8-12(10)16-13(14)15-11-6-4-7-11/h2-3,5,8,11H,4,6-7,9H2,1H3,(H3,14,15,16). The molecule has 17 heavy (non-hydrogen) atoms. The van der Waals surface area contributed by atoms with Gasteiger partial charge in [0, 0.05) is 18.4 Å². The molecule has 1 fully saturated rings. The molecule has 0 aromatic heterocycles. The SMILES string of the molecule is COCc1ccccc1NC(N)=NC1CCC1. The molecule has 1 aromatic carbocycles. The largest absolute Gasteiger partial charge is 0.380 e. The van der Waals surface area contributed by atoms with Gasteiger partial charge >= 0.3 is 0 Å². The van der Waals surface area contributed by atoms with Crippen molar-refractivity contribution in [2.24, 2.45) is 10.7 Å². The van der Waals surface area contributed by atoms with Crippen molar-refractivity contribution in [3.05, 3.63) is 29.8 Å². The fourth-order valence-electron chi connectivity index (χ4n) is 1.81. The molecule has 1 aromatic rings. The second-order valence-electron chi connectivity index (χ2n) is 4.31. The Morgan fingerprint density at radius 3 is 2.88 bits per heavy atom. The van der Waals surface area contributed by atoms with Crippen LogP contribution in [0.3, 0.4) is 0 Å². The number of ether oxygens (including phenoxy) is 1. The zero-order chi connectivity index (χ0) is 12.1. The van der Waals surface area contributed by atoms with Gasteiger partial charge in [-0.25, -0.2) is 4.99 Å². The van der Waals surface area contributed by atoms with Gasteiger partial charge in [0.25, 0.3) is 0 Å². The Morgan fingerprint density at radius 1 is 1.47 bits per heavy atom. The van der Waals surface area contributed by atoms with E-state index in [1.807, 2.05) is 24.3 Å². The minimum Gasteiger partial charge on any atom is -0.380 e. The Labute approximate surface area is 102 Å². The Morgan fingerprint density at radius 2 is 2.24 bits per heavy atom. The molecule has 0 unspecified atom stereocenters. The van der Waals surface area contributed by atoms with Crippen LogP contribution in [0.5, 0.6) is 0 Å². The summed E-state index contributed by atoms with van der Waals surface area (Å²) < 4.78 is 5.14. The smallest absolute Gasteiger partial charge is 0.193 e. The lowest BCUT2D eigenvalue weighted by Crippen LogP contribution is -2.28. The molecule has 0 bridgehead atoms. The monoisotopic (exact) mass is 233 g/mol. The number of aliphatic imine (C=N–C) groups is 1. The minimum absolute atomic E-state index is 0.414. The van der Waals surface area contributed by atoms with Gasteiger partial charge in [0.05, 0.1) is 12.6 Å². The lowest BCUT2D eigenvalue weighted by Gasteiger charge is -2.22. The van der Waals surface area contributed by atoms with Crippen LogP contribution in [0.25, 0.3) is 0 Å². The Hall–Kier alpha value is -1.55. The third-order valence-corrected chi connectivity index (χ3v) is 2.98. The molecule has 1 saturated carbocycles. The Kier molecular flexibility index (Phi) is 3.98. The fraction of sp³-hybridized carbons (Fsp3) is 0.462. The van der Waals surface area contributed by atoms with Gasteiger partial charge in [0.2, 0.25) is 0 Å². The molecule has 0 amide bonds. The van der Waals surface area contributed by atoms with Crippen LogP contribution in [-0.2, 0) is 11.3 Å². The van der Waals surface area contributed by atoms with Gasteiger partial charge in [-0.05, 0) is 25.3 Å². The molecule has 4 nitrogen and oxygen atoms in total. The number of hydrogen-bond donors (Lipinski definition) is 2. The minimum atomic E-state index is 0.414. The summed E-state index contributed by atoms with van der Waals surface area (Å²) in [6.45, 7) is 0.569. The van der Waals surface area contributed by atoms with Crippen LogP contribution in [0.1, 0.15) is 24.8 Å². The number of nitrogens with two attached hydrogens (primary N) is 1. The average molecular weight is 233 g/mol. The van der Waals surface area contributed by atoms with E-state index in [9.17, 15) is 0 Å². The second-order valence-corrected chi connectivity index (χ2v) is 4.31. The van der Waals surface area contributed by atoms with Crippen LogP contribution in [0, 0.1) is 0 Å². The number of guanidine groups is 1. The quantitative estimate of drug-likeness (QED) is 0.618. The number of methoxy groups -OCH3 is 1. The van der Waals surface area contributed by atoms with E-state index in [1.165, 1.54) is 6.42 Å². The number of nitrogens with zero attached hydrogens (tertiary/aromatic N) is 1. The molecule has 3 N–H and O–H groups in total. The first kappa shape index (κ1) is 11.9. The molecule has 0 aliphatic heterocycles. The lowest BCUT2D eigenvalue weighted by atomic mass is 9.94. The van der Waals surface area contributed by atoms with E-state index in [0.717, 1.165) is 24.1 Å². The lowest BCUT2D eigenvalue weighted by molar-refractivity contribution is 0.185. The normalized spacial score (nSPS) is 16.6. The van der Waals surface area contributed by atoms with Crippen molar-refractivity contribution >= 4 is 11.6 Å². The molecule has 0 atom stereocenters. The van der Waals surface area contributed by atoms with Crippen LogP contribution >= 0.6 is 0 Å². The van der Waals surface area contributed by atoms with E-state index in [0.29, 0.717) is 18.6 Å². The molecule has 92 valence electrons. The molecule has 0 radical (unpaired) electrons. The number of anilines is 1. The van der Waals surface area contributed by atoms with Gasteiger partial charge in [0.15, 0.2) is 5.96 Å². The first-order valence-corrected chi connectivity index (χ1v) is 5.96. The van der Waals surface area contributed by atoms with Crippen molar-refractivity contribution in [2.45, 2.75) is 31.9 Å². The predicted octanol–water partition coefficient (Wildman–Crippen LogP) is 2.11. The zero-order valence-electron chi connectivity index (χ0n) is 10.1. The molecule has 0 saturated heterocycles. The number of benzene rings is 1. The highest BCUT2D eigenvalue weighted by atomic mass is 16.5. The number of hydrogen-bond acceptors (Lipinski definition) is 2. The average Bonchev–Trinajstić information content (AvgIpc) is 2.27. The van der Waals surface area contributed by atoms with Gasteiger partial charge in [-0.3, -0.25) is 0 Å². The van der Waals surface area contributed by atoms with Crippen molar-refractivity contribution in [1.29, 1.82) is 0 Å². The highest BCUT2D eigenvalue weighted by Crippen LogP contribution is 2.22. The molecular formula is C13H19N3O. The Balaban J connectivity index is 2.03. The number of rotatable bonds is 4. The number of para-hydroxylation sites is 1. The molecule has 0 spiro atoms. The Bertz CT molecular complexity index is 399. The summed E-state index contributed by atoms with van der Waals surface area (Å²) in [6.07, 6.45) is 3.58. The molecule has 4 heteroatoms. The van der Waals surface area contributed by atoms with Crippen LogP contribution in [0.15, 0.2) is 29.3 Å². The highest BCUT2D eigenvalue weighted by molar-refractivity contribution is 5.93. The van der Waals surface area contributed by atoms with Crippen molar-refractivity contribution in [3.8, 4) is 0 Å². The van der Waals surface area contributed by atoms with E-state index in [4.69, 9.17) is 10.5 Å². The van der Waals surface area contributed by atoms with Crippen LogP contribution < -0.4 is 11.1 Å². The van der Waals surface area contributed by atoms with Gasteiger partial charge in [-0.15, -0.1) is 0 Å². The maximum Gasteiger partial charge on any atom is 0.193 e. The van der Waals surface area contributed by atoms with Crippen molar-refractivity contribution in [3.63, 3.8) is 0 Å². The molecule has 0 heterocycles. The third-order valence-electron chi connectivity index (χ3n) is 2.98. The topological polar surface area (TPSA) is 59.6 Å². The fourth-order valence-corrected chi connectivity index (χ4v) is 1.81. The molecule has 1 aliphatic carbocycles. The van der Waals surface area contributed by atoms with E-state index >= 15 is 0 Å². The summed E-state index contributed by atoms with van der Waals surface area (Å²) in [4.78, 5) is 4.42. The molecule has 1 aliphatic rings. The molecular weight excluding hydrogens is 214 g/mol. The summed E-state index contributed by atoms with van der Waals surface area (Å²) in [5, 5.41) is 3.14. The number of nitrogens with one attached hydrogen (secondary N) is 1.